The molecule has 1 aliphatic carbocycles. The van der Waals surface area contributed by atoms with E-state index >= 15 is 0 Å². The van der Waals surface area contributed by atoms with Gasteiger partial charge in [0.15, 0.2) is 0 Å². The molecule has 156 valence electrons. The number of hydrogen-bond acceptors (Lipinski definition) is 4. The molecule has 2 atom stereocenters. The molecule has 0 radical (unpaired) electrons. The summed E-state index contributed by atoms with van der Waals surface area (Å²) in [4.78, 5) is 30.7. The SMILES string of the molecule is O=C(c1ccc2c(c1)[nH]c(=O)n2C1CCC(O)CC1)N1CC[C@@H]2NCCC[C@@H]2C1. The van der Waals surface area contributed by atoms with Gasteiger partial charge >= 0.3 is 5.69 Å². The van der Waals surface area contributed by atoms with Crippen molar-refractivity contribution in [1.82, 2.24) is 19.8 Å². The van der Waals surface area contributed by atoms with Crippen molar-refractivity contribution in [2.75, 3.05) is 19.6 Å². The van der Waals surface area contributed by atoms with Crippen LogP contribution in [0.15, 0.2) is 23.0 Å². The lowest BCUT2D eigenvalue weighted by molar-refractivity contribution is 0.0593. The summed E-state index contributed by atoms with van der Waals surface area (Å²) in [5.74, 6) is 0.609. The molecule has 3 heterocycles. The predicted molar refractivity (Wildman–Crippen MR) is 111 cm³/mol. The minimum absolute atomic E-state index is 0.0605. The average Bonchev–Trinajstić information content (AvgIpc) is 3.08. The van der Waals surface area contributed by atoms with Crippen LogP contribution in [0.2, 0.25) is 0 Å². The first-order valence-corrected chi connectivity index (χ1v) is 11.0. The van der Waals surface area contributed by atoms with E-state index in [9.17, 15) is 14.7 Å². The van der Waals surface area contributed by atoms with E-state index in [0.29, 0.717) is 17.5 Å². The smallest absolute Gasteiger partial charge is 0.326 e. The van der Waals surface area contributed by atoms with Crippen molar-refractivity contribution in [3.63, 3.8) is 0 Å². The zero-order valence-corrected chi connectivity index (χ0v) is 16.8. The van der Waals surface area contributed by atoms with Gasteiger partial charge in [0.25, 0.3) is 5.91 Å². The van der Waals surface area contributed by atoms with Crippen molar-refractivity contribution in [2.45, 2.75) is 63.1 Å². The Balaban J connectivity index is 1.37. The molecule has 5 rings (SSSR count). The summed E-state index contributed by atoms with van der Waals surface area (Å²) in [6.45, 7) is 2.69. The van der Waals surface area contributed by atoms with E-state index in [1.54, 1.807) is 0 Å². The molecular weight excluding hydrogens is 368 g/mol. The third kappa shape index (κ3) is 3.51. The number of likely N-dealkylation sites (tertiary alicyclic amines) is 1. The first-order chi connectivity index (χ1) is 14.1. The molecule has 1 aromatic carbocycles. The molecule has 7 heteroatoms. The highest BCUT2D eigenvalue weighted by molar-refractivity contribution is 5.97. The Kier molecular flexibility index (Phi) is 4.95. The number of H-pyrrole nitrogens is 1. The third-order valence-electron chi connectivity index (χ3n) is 7.17. The van der Waals surface area contributed by atoms with Gasteiger partial charge < -0.3 is 20.3 Å². The van der Waals surface area contributed by atoms with Crippen molar-refractivity contribution < 1.29 is 9.90 Å². The maximum Gasteiger partial charge on any atom is 0.326 e. The number of amides is 1. The molecule has 7 nitrogen and oxygen atoms in total. The number of hydrogen-bond donors (Lipinski definition) is 3. The van der Waals surface area contributed by atoms with Gasteiger partial charge in [0.1, 0.15) is 0 Å². The third-order valence-corrected chi connectivity index (χ3v) is 7.17. The Bertz CT molecular complexity index is 957. The second kappa shape index (κ2) is 7.61. The van der Waals surface area contributed by atoms with Crippen LogP contribution >= 0.6 is 0 Å². The summed E-state index contributed by atoms with van der Waals surface area (Å²) in [5, 5.41) is 13.4. The Morgan fingerprint density at radius 1 is 1.10 bits per heavy atom. The number of carbonyl (C=O) groups excluding carboxylic acids is 1. The number of aromatic amines is 1. The second-order valence-electron chi connectivity index (χ2n) is 9.00. The number of rotatable bonds is 2. The fourth-order valence-corrected chi connectivity index (χ4v) is 5.56. The standard InChI is InChI=1S/C22H30N4O3/c27-17-6-4-16(5-7-17)26-20-8-3-14(12-19(20)24-22(26)29)21(28)25-11-9-18-15(13-25)2-1-10-23-18/h3,8,12,15-18,23,27H,1-2,4-7,9-11,13H2,(H,24,29)/t15-,16?,17?,18+/m1/s1. The number of aliphatic hydroxyl groups excluding tert-OH is 1. The average molecular weight is 399 g/mol. The molecule has 0 spiro atoms. The molecule has 2 aliphatic heterocycles. The highest BCUT2D eigenvalue weighted by Crippen LogP contribution is 2.30. The van der Waals surface area contributed by atoms with Crippen molar-refractivity contribution in [3.8, 4) is 0 Å². The van der Waals surface area contributed by atoms with Gasteiger partial charge in [-0.25, -0.2) is 4.79 Å². The van der Waals surface area contributed by atoms with Crippen molar-refractivity contribution in [3.05, 3.63) is 34.2 Å². The molecule has 2 saturated heterocycles. The number of imidazole rings is 1. The normalized spacial score (nSPS) is 30.3. The number of nitrogens with zero attached hydrogens (tertiary/aromatic N) is 2. The first kappa shape index (κ1) is 18.9. The molecule has 2 aromatic rings. The number of benzene rings is 1. The largest absolute Gasteiger partial charge is 0.393 e. The summed E-state index contributed by atoms with van der Waals surface area (Å²) >= 11 is 0. The van der Waals surface area contributed by atoms with E-state index in [2.05, 4.69) is 10.3 Å². The van der Waals surface area contributed by atoms with Crippen LogP contribution in [0, 0.1) is 5.92 Å². The fourth-order valence-electron chi connectivity index (χ4n) is 5.56. The zero-order chi connectivity index (χ0) is 20.0. The van der Waals surface area contributed by atoms with Crippen LogP contribution in [-0.2, 0) is 0 Å². The molecule has 0 bridgehead atoms. The maximum atomic E-state index is 13.1. The minimum atomic E-state index is -0.250. The molecule has 1 saturated carbocycles. The van der Waals surface area contributed by atoms with Crippen molar-refractivity contribution in [1.29, 1.82) is 0 Å². The van der Waals surface area contributed by atoms with Crippen LogP contribution in [0.5, 0.6) is 0 Å². The zero-order valence-electron chi connectivity index (χ0n) is 16.8. The number of carbonyl (C=O) groups is 1. The van der Waals surface area contributed by atoms with Crippen LogP contribution in [0.4, 0.5) is 0 Å². The number of fused-ring (bicyclic) bond motifs is 2. The van der Waals surface area contributed by atoms with Crippen molar-refractivity contribution >= 4 is 16.9 Å². The highest BCUT2D eigenvalue weighted by Gasteiger charge is 2.33. The van der Waals surface area contributed by atoms with Crippen molar-refractivity contribution in [2.24, 2.45) is 5.92 Å². The Morgan fingerprint density at radius 2 is 1.93 bits per heavy atom. The molecule has 3 N–H and O–H groups in total. The van der Waals surface area contributed by atoms with Gasteiger partial charge in [-0.15, -0.1) is 0 Å². The second-order valence-corrected chi connectivity index (χ2v) is 9.00. The number of aromatic nitrogens is 2. The quantitative estimate of drug-likeness (QED) is 0.722. The Labute approximate surface area is 170 Å². The maximum absolute atomic E-state index is 13.1. The molecule has 1 amide bonds. The molecule has 29 heavy (non-hydrogen) atoms. The monoisotopic (exact) mass is 398 g/mol. The van der Waals surface area contributed by atoms with Gasteiger partial charge in [0.2, 0.25) is 0 Å². The topological polar surface area (TPSA) is 90.4 Å². The minimum Gasteiger partial charge on any atom is -0.393 e. The molecule has 3 fully saturated rings. The van der Waals surface area contributed by atoms with Gasteiger partial charge in [-0.05, 0) is 75.6 Å². The Morgan fingerprint density at radius 3 is 2.76 bits per heavy atom. The fraction of sp³-hybridized carbons (Fsp3) is 0.636. The lowest BCUT2D eigenvalue weighted by Crippen LogP contribution is -2.53. The van der Waals surface area contributed by atoms with Gasteiger partial charge in [0, 0.05) is 30.7 Å². The first-order valence-electron chi connectivity index (χ1n) is 11.0. The summed E-state index contributed by atoms with van der Waals surface area (Å²) in [6.07, 6.45) is 6.20. The van der Waals surface area contributed by atoms with Crippen LogP contribution < -0.4 is 11.0 Å². The lowest BCUT2D eigenvalue weighted by Gasteiger charge is -2.41. The molecule has 3 aliphatic rings. The summed E-state index contributed by atoms with van der Waals surface area (Å²) in [6, 6.07) is 6.25. The lowest BCUT2D eigenvalue weighted by atomic mass is 9.85. The molecule has 0 unspecified atom stereocenters. The summed E-state index contributed by atoms with van der Waals surface area (Å²) in [7, 11) is 0. The summed E-state index contributed by atoms with van der Waals surface area (Å²) in [5.41, 5.74) is 2.09. The van der Waals surface area contributed by atoms with Crippen LogP contribution in [0.25, 0.3) is 11.0 Å². The van der Waals surface area contributed by atoms with E-state index in [1.807, 2.05) is 27.7 Å². The van der Waals surface area contributed by atoms with E-state index < -0.39 is 0 Å². The van der Waals surface area contributed by atoms with Gasteiger partial charge in [-0.1, -0.05) is 0 Å². The number of nitrogens with one attached hydrogen (secondary N) is 2. The van der Waals surface area contributed by atoms with Crippen LogP contribution in [-0.4, -0.2) is 57.2 Å². The van der Waals surface area contributed by atoms with E-state index in [4.69, 9.17) is 0 Å². The van der Waals surface area contributed by atoms with E-state index in [1.165, 1.54) is 12.8 Å². The van der Waals surface area contributed by atoms with Crippen LogP contribution in [0.3, 0.4) is 0 Å². The van der Waals surface area contributed by atoms with E-state index in [-0.39, 0.29) is 23.7 Å². The molecular formula is C22H30N4O3. The van der Waals surface area contributed by atoms with Gasteiger partial charge in [-0.2, -0.15) is 0 Å². The van der Waals surface area contributed by atoms with E-state index in [0.717, 1.165) is 62.8 Å². The highest BCUT2D eigenvalue weighted by atomic mass is 16.3. The van der Waals surface area contributed by atoms with Gasteiger partial charge in [0.05, 0.1) is 17.1 Å². The van der Waals surface area contributed by atoms with Crippen LogP contribution in [0.1, 0.15) is 61.3 Å². The van der Waals surface area contributed by atoms with Gasteiger partial charge in [-0.3, -0.25) is 9.36 Å². The Hall–Kier alpha value is -2.12. The number of aliphatic hydroxyl groups is 1. The summed E-state index contributed by atoms with van der Waals surface area (Å²) < 4.78 is 1.81. The number of piperidine rings is 2. The molecule has 1 aromatic heterocycles. The predicted octanol–water partition coefficient (Wildman–Crippen LogP) is 2.02.